The van der Waals surface area contributed by atoms with Gasteiger partial charge in [0.2, 0.25) is 0 Å². The number of benzene rings is 3. The van der Waals surface area contributed by atoms with E-state index < -0.39 is 10.8 Å². The van der Waals surface area contributed by atoms with Gasteiger partial charge >= 0.3 is 0 Å². The maximum Gasteiger partial charge on any atom is 0.251 e. The number of aromatic nitrogens is 1. The maximum atomic E-state index is 13.8. The number of hydrogen-bond donors (Lipinski definition) is 1. The first-order valence-corrected chi connectivity index (χ1v) is 20.1. The van der Waals surface area contributed by atoms with Gasteiger partial charge in [-0.15, -0.1) is 0 Å². The second-order valence-corrected chi connectivity index (χ2v) is 14.8. The molecule has 2 atom stereocenters. The molecule has 3 heterocycles. The van der Waals surface area contributed by atoms with E-state index in [2.05, 4.69) is 59.4 Å². The average molecular weight is 738 g/mol. The van der Waals surface area contributed by atoms with Crippen LogP contribution in [-0.4, -0.2) is 73.9 Å². The molecule has 2 aliphatic rings. The van der Waals surface area contributed by atoms with Crippen LogP contribution in [0.1, 0.15) is 56.2 Å². The van der Waals surface area contributed by atoms with E-state index in [1.807, 2.05) is 48.5 Å². The molecule has 1 aromatic heterocycles. The lowest BCUT2D eigenvalue weighted by molar-refractivity contribution is -0.112. The maximum absolute atomic E-state index is 13.8. The lowest BCUT2D eigenvalue weighted by atomic mass is 9.96. The Hall–Kier alpha value is -4.35. The summed E-state index contributed by atoms with van der Waals surface area (Å²) in [5.74, 6) is 1.06. The zero-order chi connectivity index (χ0) is 36.8. The van der Waals surface area contributed by atoms with E-state index in [0.717, 1.165) is 78.1 Å². The van der Waals surface area contributed by atoms with Crippen molar-refractivity contribution in [2.24, 2.45) is 0 Å². The van der Waals surface area contributed by atoms with Crippen molar-refractivity contribution >= 4 is 34.2 Å². The van der Waals surface area contributed by atoms with Crippen LogP contribution in [0.25, 0.3) is 17.2 Å². The van der Waals surface area contributed by atoms with Crippen LogP contribution in [0.15, 0.2) is 95.7 Å². The Morgan fingerprint density at radius 2 is 1.79 bits per heavy atom. The lowest BCUT2D eigenvalue weighted by Crippen LogP contribution is -2.41. The molecule has 2 aliphatic heterocycles. The Morgan fingerprint density at radius 3 is 2.57 bits per heavy atom. The molecule has 0 spiro atoms. The first-order chi connectivity index (χ1) is 26.0. The lowest BCUT2D eigenvalue weighted by Gasteiger charge is -2.33. The van der Waals surface area contributed by atoms with Gasteiger partial charge in [-0.3, -0.25) is 14.0 Å². The Bertz CT molecular complexity index is 1840. The van der Waals surface area contributed by atoms with Crippen LogP contribution in [0, 0.1) is 0 Å². The van der Waals surface area contributed by atoms with Gasteiger partial charge in [-0.2, -0.15) is 0 Å². The summed E-state index contributed by atoms with van der Waals surface area (Å²) < 4.78 is 36.4. The van der Waals surface area contributed by atoms with Gasteiger partial charge in [-0.25, -0.2) is 0 Å². The first-order valence-electron chi connectivity index (χ1n) is 18.8. The summed E-state index contributed by atoms with van der Waals surface area (Å²) in [6.45, 7) is 9.37. The van der Waals surface area contributed by atoms with Gasteiger partial charge in [0.1, 0.15) is 12.4 Å². The number of pyridine rings is 1. The molecule has 0 aliphatic carbocycles. The van der Waals surface area contributed by atoms with Crippen molar-refractivity contribution in [3.63, 3.8) is 0 Å². The van der Waals surface area contributed by atoms with Crippen molar-refractivity contribution in [2.75, 3.05) is 62.9 Å². The van der Waals surface area contributed by atoms with Crippen molar-refractivity contribution in [3.05, 3.63) is 107 Å². The molecule has 0 radical (unpaired) electrons. The van der Waals surface area contributed by atoms with Crippen molar-refractivity contribution < 1.29 is 28.0 Å². The number of rotatable bonds is 16. The Balaban J connectivity index is 1.18. The van der Waals surface area contributed by atoms with Gasteiger partial charge in [0.25, 0.3) is 5.91 Å². The molecule has 9 nitrogen and oxygen atoms in total. The third-order valence-corrected chi connectivity index (χ3v) is 10.9. The number of carbonyl (C=O) groups excluding carboxylic acids is 1. The van der Waals surface area contributed by atoms with Gasteiger partial charge < -0.3 is 29.2 Å². The molecule has 3 aromatic carbocycles. The Labute approximate surface area is 316 Å². The molecular weight excluding hydrogens is 687 g/mol. The topological polar surface area (TPSA) is 99.2 Å². The second-order valence-electron chi connectivity index (χ2n) is 13.4. The number of ether oxygens (including phenoxy) is 4. The first kappa shape index (κ1) is 38.4. The van der Waals surface area contributed by atoms with Crippen molar-refractivity contribution in [1.82, 2.24) is 4.98 Å². The summed E-state index contributed by atoms with van der Waals surface area (Å²) >= 11 is 0. The number of nitrogens with one attached hydrogen (secondary N) is 1. The Morgan fingerprint density at radius 1 is 0.962 bits per heavy atom. The largest absolute Gasteiger partial charge is 0.491 e. The van der Waals surface area contributed by atoms with E-state index in [1.165, 1.54) is 0 Å². The van der Waals surface area contributed by atoms with Crippen LogP contribution in [-0.2, 0) is 42.0 Å². The van der Waals surface area contributed by atoms with Crippen LogP contribution in [0.5, 0.6) is 5.75 Å². The van der Waals surface area contributed by atoms with Crippen molar-refractivity contribution in [1.29, 1.82) is 0 Å². The van der Waals surface area contributed by atoms with E-state index in [1.54, 1.807) is 12.4 Å². The van der Waals surface area contributed by atoms with Gasteiger partial charge in [0.05, 0.1) is 49.1 Å². The SMILES string of the molecule is CCCCOCCOc1ccc(-c2ccc3c(c2)/C=C(/C(=O)Nc2ccc(S(=O)Cc4cnccc4CC)cc2)CCCN3CC2COCCO2)cc1. The standard InChI is InChI=1S/C43H51N3O6S/c1-3-5-21-49-22-24-51-39-13-8-33(9-14-39)34-10-17-42-36(26-34)27-35(7-6-20-46(42)29-40-30-50-23-25-52-40)43(47)45-38-11-15-41(16-12-38)53(48)31-37-28-44-19-18-32(37)4-2/h8-19,26-28,40H,3-7,20-25,29-31H2,1-2H3,(H,45,47)/b35-27+. The summed E-state index contributed by atoms with van der Waals surface area (Å²) in [6.07, 6.45) is 10.0. The number of nitrogens with zero attached hydrogens (tertiary/aromatic N) is 2. The van der Waals surface area contributed by atoms with Crippen molar-refractivity contribution in [3.8, 4) is 16.9 Å². The van der Waals surface area contributed by atoms with Gasteiger partial charge in [0, 0.05) is 53.9 Å². The van der Waals surface area contributed by atoms with E-state index in [4.69, 9.17) is 18.9 Å². The molecule has 1 amide bonds. The van der Waals surface area contributed by atoms with E-state index in [-0.39, 0.29) is 12.0 Å². The third-order valence-electron chi connectivity index (χ3n) is 9.55. The van der Waals surface area contributed by atoms with Crippen LogP contribution < -0.4 is 15.0 Å². The molecule has 4 aromatic rings. The fraction of sp³-hybridized carbons (Fsp3) is 0.395. The van der Waals surface area contributed by atoms with Crippen molar-refractivity contribution in [2.45, 2.75) is 62.7 Å². The van der Waals surface area contributed by atoms with E-state index in [9.17, 15) is 9.00 Å². The third kappa shape index (κ3) is 10.9. The number of anilines is 2. The fourth-order valence-electron chi connectivity index (χ4n) is 6.60. The molecule has 1 N–H and O–H groups in total. The predicted molar refractivity (Wildman–Crippen MR) is 212 cm³/mol. The molecule has 2 unspecified atom stereocenters. The smallest absolute Gasteiger partial charge is 0.251 e. The number of unbranched alkanes of at least 4 members (excludes halogenated alkanes) is 1. The molecule has 6 rings (SSSR count). The minimum Gasteiger partial charge on any atom is -0.491 e. The number of hydrogen-bond acceptors (Lipinski definition) is 8. The number of carbonyl (C=O) groups is 1. The minimum absolute atomic E-state index is 0.0117. The monoisotopic (exact) mass is 737 g/mol. The summed E-state index contributed by atoms with van der Waals surface area (Å²) in [5, 5.41) is 3.10. The van der Waals surface area contributed by atoms with Crippen LogP contribution >= 0.6 is 0 Å². The summed E-state index contributed by atoms with van der Waals surface area (Å²) in [5.41, 5.74) is 7.66. The van der Waals surface area contributed by atoms with Crippen LogP contribution in [0.4, 0.5) is 11.4 Å². The molecular formula is C43H51N3O6S. The normalized spacial score (nSPS) is 17.5. The molecule has 1 fully saturated rings. The highest BCUT2D eigenvalue weighted by molar-refractivity contribution is 7.84. The number of amides is 1. The minimum atomic E-state index is -1.23. The second kappa shape index (κ2) is 19.6. The molecule has 0 bridgehead atoms. The van der Waals surface area contributed by atoms with E-state index in [0.29, 0.717) is 67.9 Å². The average Bonchev–Trinajstić information content (AvgIpc) is 3.18. The quantitative estimate of drug-likeness (QED) is 0.116. The highest BCUT2D eigenvalue weighted by Crippen LogP contribution is 2.33. The number of aryl methyl sites for hydroxylation is 1. The summed E-state index contributed by atoms with van der Waals surface area (Å²) in [6, 6.07) is 23.8. The molecule has 10 heteroatoms. The summed E-state index contributed by atoms with van der Waals surface area (Å²) in [7, 11) is -1.23. The highest BCUT2D eigenvalue weighted by Gasteiger charge is 2.23. The van der Waals surface area contributed by atoms with Crippen LogP contribution in [0.2, 0.25) is 0 Å². The Kier molecular flexibility index (Phi) is 14.2. The fourth-order valence-corrected chi connectivity index (χ4v) is 7.75. The zero-order valence-electron chi connectivity index (χ0n) is 30.9. The predicted octanol–water partition coefficient (Wildman–Crippen LogP) is 7.85. The van der Waals surface area contributed by atoms with E-state index >= 15 is 0 Å². The zero-order valence-corrected chi connectivity index (χ0v) is 31.7. The summed E-state index contributed by atoms with van der Waals surface area (Å²) in [4.78, 5) is 21.1. The van der Waals surface area contributed by atoms with Gasteiger partial charge in [0.15, 0.2) is 0 Å². The molecule has 1 saturated heterocycles. The number of fused-ring (bicyclic) bond motifs is 1. The molecule has 53 heavy (non-hydrogen) atoms. The molecule has 280 valence electrons. The van der Waals surface area contributed by atoms with Gasteiger partial charge in [-0.1, -0.05) is 38.5 Å². The molecule has 0 saturated carbocycles. The highest BCUT2D eigenvalue weighted by atomic mass is 32.2. The van der Waals surface area contributed by atoms with Gasteiger partial charge in [-0.05, 0) is 114 Å². The van der Waals surface area contributed by atoms with Crippen LogP contribution in [0.3, 0.4) is 0 Å².